The molecule has 0 aliphatic rings. The summed E-state index contributed by atoms with van der Waals surface area (Å²) in [4.78, 5) is 54.9. The van der Waals surface area contributed by atoms with E-state index in [1.54, 1.807) is 0 Å². The molecule has 0 bridgehead atoms. The monoisotopic (exact) mass is 478 g/mol. The number of carboxylic acids is 1. The van der Waals surface area contributed by atoms with Gasteiger partial charge in [-0.2, -0.15) is 0 Å². The van der Waals surface area contributed by atoms with Crippen molar-refractivity contribution in [2.75, 3.05) is 11.4 Å². The summed E-state index contributed by atoms with van der Waals surface area (Å²) in [7, 11) is 0. The average molecular weight is 478 g/mol. The molecule has 34 heavy (non-hydrogen) atoms. The van der Waals surface area contributed by atoms with E-state index in [4.69, 9.17) is 5.73 Å². The molecule has 16 nitrogen and oxygen atoms in total. The lowest BCUT2D eigenvalue weighted by atomic mass is 10.0. The molecule has 0 saturated heterocycles. The second-order valence-corrected chi connectivity index (χ2v) is 6.83. The molecule has 1 unspecified atom stereocenters. The van der Waals surface area contributed by atoms with Gasteiger partial charge in [-0.25, -0.2) is 4.79 Å². The maximum absolute atomic E-state index is 12.2. The lowest BCUT2D eigenvalue weighted by molar-refractivity contribution is -0.422. The van der Waals surface area contributed by atoms with Crippen LogP contribution in [-0.4, -0.2) is 43.4 Å². The van der Waals surface area contributed by atoms with E-state index in [9.17, 15) is 50.4 Å². The number of nitrogens with zero attached hydrogens (tertiary/aromatic N) is 5. The van der Waals surface area contributed by atoms with Gasteiger partial charge in [0.15, 0.2) is 0 Å². The molecule has 0 fully saturated rings. The van der Waals surface area contributed by atoms with Crippen molar-refractivity contribution in [1.82, 2.24) is 0 Å². The van der Waals surface area contributed by atoms with Gasteiger partial charge in [0, 0.05) is 12.1 Å². The van der Waals surface area contributed by atoms with E-state index in [1.165, 1.54) is 0 Å². The van der Waals surface area contributed by atoms with Gasteiger partial charge in [-0.3, -0.25) is 40.5 Å². The van der Waals surface area contributed by atoms with E-state index in [2.05, 4.69) is 0 Å². The Labute approximate surface area is 189 Å². The standard InChI is InChI=1S/C18H18N6O10/c19-10-2-1-5-15(18(25)26)20(11-6-3-8-13(21(27)28)16(11)23(31)32)12-7-4-9-14(22(29)30)17(12)24(33)34/h3-4,6-9,15H,1-2,5,10,19H2,(H,25,26). The minimum atomic E-state index is -1.71. The van der Waals surface area contributed by atoms with Gasteiger partial charge in [-0.15, -0.1) is 0 Å². The zero-order valence-corrected chi connectivity index (χ0v) is 17.3. The fraction of sp³-hybridized carbons (Fsp3) is 0.278. The third kappa shape index (κ3) is 5.18. The summed E-state index contributed by atoms with van der Waals surface area (Å²) in [5.74, 6) is -1.57. The third-order valence-corrected chi connectivity index (χ3v) is 4.79. The van der Waals surface area contributed by atoms with Crippen LogP contribution in [0.5, 0.6) is 0 Å². The number of carbonyl (C=O) groups is 1. The minimum absolute atomic E-state index is 0.176. The summed E-state index contributed by atoms with van der Waals surface area (Å²) in [6, 6.07) is 3.94. The van der Waals surface area contributed by atoms with Crippen LogP contribution in [0, 0.1) is 40.5 Å². The molecule has 0 saturated carbocycles. The van der Waals surface area contributed by atoms with Crippen molar-refractivity contribution >= 4 is 40.1 Å². The highest BCUT2D eigenvalue weighted by atomic mass is 16.6. The number of nitrogens with two attached hydrogens (primary N) is 1. The number of para-hydroxylation sites is 2. The van der Waals surface area contributed by atoms with Crippen LogP contribution in [0.25, 0.3) is 0 Å². The molecule has 0 amide bonds. The van der Waals surface area contributed by atoms with E-state index in [1.807, 2.05) is 0 Å². The van der Waals surface area contributed by atoms with E-state index in [0.717, 1.165) is 36.4 Å². The SMILES string of the molecule is NCCCCC(C(=O)O)N(c1cccc([N+](=O)[O-])c1[N+](=O)[O-])c1cccc([N+](=O)[O-])c1[N+](=O)[O-]. The van der Waals surface area contributed by atoms with Gasteiger partial charge in [-0.05, 0) is 37.9 Å². The van der Waals surface area contributed by atoms with Crippen molar-refractivity contribution in [3.8, 4) is 0 Å². The van der Waals surface area contributed by atoms with E-state index >= 15 is 0 Å². The van der Waals surface area contributed by atoms with Crippen molar-refractivity contribution in [1.29, 1.82) is 0 Å². The molecule has 0 aliphatic heterocycles. The van der Waals surface area contributed by atoms with Crippen molar-refractivity contribution in [2.45, 2.75) is 25.3 Å². The molecule has 16 heteroatoms. The molecule has 0 aromatic heterocycles. The Bertz CT molecular complexity index is 1080. The van der Waals surface area contributed by atoms with Gasteiger partial charge in [-0.1, -0.05) is 12.1 Å². The molecular formula is C18H18N6O10. The number of nitro groups is 4. The first-order chi connectivity index (χ1) is 16.0. The molecule has 2 aromatic carbocycles. The van der Waals surface area contributed by atoms with E-state index < -0.39 is 65.8 Å². The molecule has 2 aromatic rings. The Balaban J connectivity index is 2.99. The van der Waals surface area contributed by atoms with E-state index in [0.29, 0.717) is 11.3 Å². The first kappa shape index (κ1) is 25.5. The number of anilines is 2. The minimum Gasteiger partial charge on any atom is -0.480 e. The highest BCUT2D eigenvalue weighted by Gasteiger charge is 2.41. The van der Waals surface area contributed by atoms with Gasteiger partial charge in [0.2, 0.25) is 0 Å². The molecule has 0 spiro atoms. The van der Waals surface area contributed by atoms with Gasteiger partial charge < -0.3 is 15.7 Å². The zero-order valence-electron chi connectivity index (χ0n) is 17.3. The first-order valence-corrected chi connectivity index (χ1v) is 9.58. The number of nitro benzene ring substituents is 4. The predicted octanol–water partition coefficient (Wildman–Crippen LogP) is 3.04. The summed E-state index contributed by atoms with van der Waals surface area (Å²) < 4.78 is 0. The molecule has 1 atom stereocenters. The fourth-order valence-electron chi connectivity index (χ4n) is 3.41. The highest BCUT2D eigenvalue weighted by molar-refractivity contribution is 5.90. The Kier molecular flexibility index (Phi) is 8.05. The van der Waals surface area contributed by atoms with Crippen LogP contribution < -0.4 is 10.6 Å². The predicted molar refractivity (Wildman–Crippen MR) is 116 cm³/mol. The summed E-state index contributed by atoms with van der Waals surface area (Å²) in [5.41, 5.74) is -0.107. The number of hydrogen-bond acceptors (Lipinski definition) is 11. The van der Waals surface area contributed by atoms with Crippen LogP contribution in [0.1, 0.15) is 19.3 Å². The summed E-state index contributed by atoms with van der Waals surface area (Å²) in [6.07, 6.45) is 0.285. The van der Waals surface area contributed by atoms with Crippen LogP contribution in [0.3, 0.4) is 0 Å². The normalized spacial score (nSPS) is 11.4. The number of rotatable bonds is 12. The summed E-state index contributed by atoms with van der Waals surface area (Å²) in [5, 5.41) is 56.3. The summed E-state index contributed by atoms with van der Waals surface area (Å²) in [6.45, 7) is 0.181. The van der Waals surface area contributed by atoms with Crippen LogP contribution >= 0.6 is 0 Å². The Hall–Kier alpha value is -4.73. The highest BCUT2D eigenvalue weighted by Crippen LogP contribution is 2.46. The number of hydrogen-bond donors (Lipinski definition) is 2. The number of benzene rings is 2. The average Bonchev–Trinajstić information content (AvgIpc) is 2.77. The molecule has 0 heterocycles. The number of unbranched alkanes of at least 4 members (excludes halogenated alkanes) is 1. The van der Waals surface area contributed by atoms with Crippen molar-refractivity contribution in [2.24, 2.45) is 5.73 Å². The second kappa shape index (κ2) is 10.7. The third-order valence-electron chi connectivity index (χ3n) is 4.79. The maximum Gasteiger partial charge on any atom is 0.369 e. The van der Waals surface area contributed by atoms with Crippen LogP contribution in [0.2, 0.25) is 0 Å². The quantitative estimate of drug-likeness (QED) is 0.254. The first-order valence-electron chi connectivity index (χ1n) is 9.58. The molecule has 0 aliphatic carbocycles. The number of carboxylic acid groups (broad SMARTS) is 1. The summed E-state index contributed by atoms with van der Waals surface area (Å²) >= 11 is 0. The van der Waals surface area contributed by atoms with Crippen molar-refractivity contribution < 1.29 is 29.6 Å². The van der Waals surface area contributed by atoms with Gasteiger partial charge >= 0.3 is 28.7 Å². The topological polar surface area (TPSA) is 239 Å². The van der Waals surface area contributed by atoms with E-state index in [-0.39, 0.29) is 19.4 Å². The lowest BCUT2D eigenvalue weighted by Gasteiger charge is -2.30. The molecule has 2 rings (SSSR count). The number of aliphatic carboxylic acids is 1. The second-order valence-electron chi connectivity index (χ2n) is 6.83. The fourth-order valence-corrected chi connectivity index (χ4v) is 3.41. The Morgan fingerprint density at radius 1 is 0.824 bits per heavy atom. The lowest BCUT2D eigenvalue weighted by Crippen LogP contribution is -2.39. The van der Waals surface area contributed by atoms with Gasteiger partial charge in [0.05, 0.1) is 19.7 Å². The van der Waals surface area contributed by atoms with Crippen LogP contribution in [0.4, 0.5) is 34.1 Å². The molecular weight excluding hydrogens is 460 g/mol. The van der Waals surface area contributed by atoms with Gasteiger partial charge in [0.1, 0.15) is 17.4 Å². The molecule has 180 valence electrons. The molecule has 3 N–H and O–H groups in total. The van der Waals surface area contributed by atoms with Crippen LogP contribution in [-0.2, 0) is 4.79 Å². The largest absolute Gasteiger partial charge is 0.480 e. The smallest absolute Gasteiger partial charge is 0.369 e. The Morgan fingerprint density at radius 2 is 1.26 bits per heavy atom. The molecule has 0 radical (unpaired) electrons. The van der Waals surface area contributed by atoms with Crippen molar-refractivity contribution in [3.05, 3.63) is 76.9 Å². The maximum atomic E-state index is 12.2. The van der Waals surface area contributed by atoms with Crippen LogP contribution in [0.15, 0.2) is 36.4 Å². The van der Waals surface area contributed by atoms with Gasteiger partial charge in [0.25, 0.3) is 0 Å². The Morgan fingerprint density at radius 3 is 1.59 bits per heavy atom. The zero-order chi connectivity index (χ0) is 25.6. The van der Waals surface area contributed by atoms with Crippen molar-refractivity contribution in [3.63, 3.8) is 0 Å².